The Labute approximate surface area is 129 Å². The maximum Gasteiger partial charge on any atom is 0.179 e. The quantitative estimate of drug-likeness (QED) is 0.835. The molecule has 0 spiro atoms. The second-order valence-electron chi connectivity index (χ2n) is 4.89. The topological polar surface area (TPSA) is 76.3 Å². The van der Waals surface area contributed by atoms with Crippen LogP contribution in [-0.2, 0) is 22.9 Å². The molecule has 2 aromatic rings. The van der Waals surface area contributed by atoms with Crippen LogP contribution in [0.15, 0.2) is 40.1 Å². The van der Waals surface area contributed by atoms with Gasteiger partial charge >= 0.3 is 0 Å². The number of benzene rings is 1. The lowest BCUT2D eigenvalue weighted by Crippen LogP contribution is -2.25. The molecule has 1 heterocycles. The van der Waals surface area contributed by atoms with Gasteiger partial charge in [0, 0.05) is 25.0 Å². The van der Waals surface area contributed by atoms with Gasteiger partial charge in [-0.05, 0) is 24.7 Å². The van der Waals surface area contributed by atoms with Crippen molar-refractivity contribution < 1.29 is 8.42 Å². The van der Waals surface area contributed by atoms with Crippen molar-refractivity contribution in [1.29, 1.82) is 0 Å². The Hall–Kier alpha value is -1.28. The van der Waals surface area contributed by atoms with Crippen molar-refractivity contribution >= 4 is 21.2 Å². The third kappa shape index (κ3) is 4.60. The van der Waals surface area contributed by atoms with Crippen LogP contribution in [0.4, 0.5) is 0 Å². The summed E-state index contributed by atoms with van der Waals surface area (Å²) in [6.07, 6.45) is 0. The smallest absolute Gasteiger partial charge is 0.179 e. The molecule has 0 aliphatic heterocycles. The molecule has 0 saturated carbocycles. The highest BCUT2D eigenvalue weighted by Crippen LogP contribution is 2.14. The molecule has 0 aliphatic carbocycles. The van der Waals surface area contributed by atoms with Gasteiger partial charge in [0.1, 0.15) is 0 Å². The fourth-order valence-electron chi connectivity index (χ4n) is 1.93. The molecule has 0 unspecified atom stereocenters. The summed E-state index contributed by atoms with van der Waals surface area (Å²) < 4.78 is 24.7. The van der Waals surface area contributed by atoms with E-state index in [4.69, 9.17) is 5.73 Å². The zero-order chi connectivity index (χ0) is 15.3. The molecule has 1 aromatic carbocycles. The lowest BCUT2D eigenvalue weighted by Gasteiger charge is -2.15. The summed E-state index contributed by atoms with van der Waals surface area (Å²) in [4.78, 5) is 6.49. The van der Waals surface area contributed by atoms with Crippen LogP contribution in [-0.4, -0.2) is 37.6 Å². The number of hydrogen-bond acceptors (Lipinski definition) is 6. The van der Waals surface area contributed by atoms with Crippen LogP contribution < -0.4 is 5.73 Å². The van der Waals surface area contributed by atoms with Crippen molar-refractivity contribution in [3.05, 3.63) is 46.4 Å². The number of nitrogens with zero attached hydrogens (tertiary/aromatic N) is 2. The summed E-state index contributed by atoms with van der Waals surface area (Å²) >= 11 is 1.54. The molecule has 114 valence electrons. The molecule has 5 nitrogen and oxygen atoms in total. The maximum atomic E-state index is 12.3. The molecular formula is C14H19N3O2S2. The largest absolute Gasteiger partial charge is 0.326 e. The highest BCUT2D eigenvalue weighted by atomic mass is 32.2. The minimum absolute atomic E-state index is 0.0850. The zero-order valence-electron chi connectivity index (χ0n) is 11.9. The number of thiazole rings is 1. The van der Waals surface area contributed by atoms with Crippen molar-refractivity contribution in [3.8, 4) is 0 Å². The predicted molar refractivity (Wildman–Crippen MR) is 84.8 cm³/mol. The normalized spacial score (nSPS) is 12.0. The van der Waals surface area contributed by atoms with E-state index in [0.29, 0.717) is 24.5 Å². The highest BCUT2D eigenvalue weighted by molar-refractivity contribution is 7.91. The fourth-order valence-corrected chi connectivity index (χ4v) is 3.89. The SMILES string of the molecule is CN(CCS(=O)(=O)c1cccc(CN)c1)Cc1cscn1. The van der Waals surface area contributed by atoms with E-state index in [-0.39, 0.29) is 5.75 Å². The first-order valence-electron chi connectivity index (χ1n) is 6.58. The average molecular weight is 325 g/mol. The Kier molecular flexibility index (Phi) is 5.46. The summed E-state index contributed by atoms with van der Waals surface area (Å²) in [5, 5.41) is 1.97. The standard InChI is InChI=1S/C14H19N3O2S2/c1-17(9-13-10-20-11-16-13)5-6-21(18,19)14-4-2-3-12(7-14)8-15/h2-4,7,10-11H,5-6,8-9,15H2,1H3. The molecule has 2 N–H and O–H groups in total. The Balaban J connectivity index is 1.97. The van der Waals surface area contributed by atoms with Gasteiger partial charge in [0.2, 0.25) is 0 Å². The van der Waals surface area contributed by atoms with Gasteiger partial charge < -0.3 is 5.73 Å². The first-order valence-corrected chi connectivity index (χ1v) is 9.18. The van der Waals surface area contributed by atoms with Crippen LogP contribution in [0, 0.1) is 0 Å². The predicted octanol–water partition coefficient (Wildman–Crippen LogP) is 1.51. The van der Waals surface area contributed by atoms with Gasteiger partial charge in [0.05, 0.1) is 21.9 Å². The Morgan fingerprint density at radius 1 is 1.38 bits per heavy atom. The monoisotopic (exact) mass is 325 g/mol. The molecule has 7 heteroatoms. The van der Waals surface area contributed by atoms with Gasteiger partial charge in [0.15, 0.2) is 9.84 Å². The Morgan fingerprint density at radius 2 is 2.19 bits per heavy atom. The van der Waals surface area contributed by atoms with Gasteiger partial charge in [-0.15, -0.1) is 11.3 Å². The van der Waals surface area contributed by atoms with E-state index in [0.717, 1.165) is 11.3 Å². The fraction of sp³-hybridized carbons (Fsp3) is 0.357. The first kappa shape index (κ1) is 16.1. The number of nitrogens with two attached hydrogens (primary N) is 1. The molecule has 2 rings (SSSR count). The van der Waals surface area contributed by atoms with E-state index in [1.165, 1.54) is 11.3 Å². The minimum Gasteiger partial charge on any atom is -0.326 e. The number of sulfone groups is 1. The first-order chi connectivity index (χ1) is 10.0. The summed E-state index contributed by atoms with van der Waals surface area (Å²) in [6.45, 7) is 1.46. The second kappa shape index (κ2) is 7.13. The molecule has 0 fully saturated rings. The molecule has 0 radical (unpaired) electrons. The Morgan fingerprint density at radius 3 is 2.86 bits per heavy atom. The van der Waals surface area contributed by atoms with Gasteiger partial charge in [-0.3, -0.25) is 4.90 Å². The van der Waals surface area contributed by atoms with Crippen molar-refractivity contribution in [2.75, 3.05) is 19.3 Å². The molecule has 1 aromatic heterocycles. The van der Waals surface area contributed by atoms with Crippen LogP contribution in [0.3, 0.4) is 0 Å². The maximum absolute atomic E-state index is 12.3. The summed E-state index contributed by atoms with van der Waals surface area (Å²) in [5.74, 6) is 0.0850. The van der Waals surface area contributed by atoms with E-state index >= 15 is 0 Å². The van der Waals surface area contributed by atoms with Crippen LogP contribution in [0.25, 0.3) is 0 Å². The molecule has 21 heavy (non-hydrogen) atoms. The van der Waals surface area contributed by atoms with E-state index in [2.05, 4.69) is 4.98 Å². The molecular weight excluding hydrogens is 306 g/mol. The molecule has 0 amide bonds. The van der Waals surface area contributed by atoms with Gasteiger partial charge in [-0.25, -0.2) is 13.4 Å². The van der Waals surface area contributed by atoms with Crippen LogP contribution >= 0.6 is 11.3 Å². The molecule has 0 atom stereocenters. The summed E-state index contributed by atoms with van der Waals surface area (Å²) in [7, 11) is -1.39. The van der Waals surface area contributed by atoms with Gasteiger partial charge in [-0.2, -0.15) is 0 Å². The van der Waals surface area contributed by atoms with Crippen molar-refractivity contribution in [1.82, 2.24) is 9.88 Å². The van der Waals surface area contributed by atoms with E-state index in [1.807, 2.05) is 23.4 Å². The summed E-state index contributed by atoms with van der Waals surface area (Å²) in [6, 6.07) is 6.83. The third-order valence-corrected chi connectivity index (χ3v) is 5.48. The molecule has 0 saturated heterocycles. The van der Waals surface area contributed by atoms with Crippen molar-refractivity contribution in [3.63, 3.8) is 0 Å². The highest BCUT2D eigenvalue weighted by Gasteiger charge is 2.16. The zero-order valence-corrected chi connectivity index (χ0v) is 13.5. The van der Waals surface area contributed by atoms with Crippen molar-refractivity contribution in [2.45, 2.75) is 18.0 Å². The van der Waals surface area contributed by atoms with Crippen LogP contribution in [0.1, 0.15) is 11.3 Å². The van der Waals surface area contributed by atoms with Crippen LogP contribution in [0.5, 0.6) is 0 Å². The van der Waals surface area contributed by atoms with E-state index < -0.39 is 9.84 Å². The van der Waals surface area contributed by atoms with Gasteiger partial charge in [0.25, 0.3) is 0 Å². The Bertz CT molecular complexity index is 669. The van der Waals surface area contributed by atoms with Gasteiger partial charge in [-0.1, -0.05) is 12.1 Å². The second-order valence-corrected chi connectivity index (χ2v) is 7.72. The van der Waals surface area contributed by atoms with Crippen molar-refractivity contribution in [2.24, 2.45) is 5.73 Å². The number of hydrogen-bond donors (Lipinski definition) is 1. The lowest BCUT2D eigenvalue weighted by atomic mass is 10.2. The summed E-state index contributed by atoms with van der Waals surface area (Å²) in [5.41, 5.74) is 9.12. The van der Waals surface area contributed by atoms with Crippen LogP contribution in [0.2, 0.25) is 0 Å². The minimum atomic E-state index is -3.28. The average Bonchev–Trinajstić information content (AvgIpc) is 2.98. The molecule has 0 bridgehead atoms. The molecule has 0 aliphatic rings. The third-order valence-electron chi connectivity index (χ3n) is 3.15. The number of rotatable bonds is 7. The number of aromatic nitrogens is 1. The lowest BCUT2D eigenvalue weighted by molar-refractivity contribution is 0.342. The van der Waals surface area contributed by atoms with E-state index in [1.54, 1.807) is 23.7 Å². The van der Waals surface area contributed by atoms with E-state index in [9.17, 15) is 8.42 Å².